The van der Waals surface area contributed by atoms with Crippen molar-refractivity contribution >= 4 is 5.97 Å². The number of hydrogen-bond donors (Lipinski definition) is 2. The Bertz CT molecular complexity index is 840. The monoisotopic (exact) mass is 364 g/mol. The summed E-state index contributed by atoms with van der Waals surface area (Å²) in [4.78, 5) is 23.9. The number of hydrogen-bond acceptors (Lipinski definition) is 8. The second-order valence-electron chi connectivity index (χ2n) is 5.49. The summed E-state index contributed by atoms with van der Waals surface area (Å²) in [7, 11) is 4.06. The van der Waals surface area contributed by atoms with Gasteiger partial charge in [-0.1, -0.05) is 6.07 Å². The highest BCUT2D eigenvalue weighted by Gasteiger charge is 2.27. The van der Waals surface area contributed by atoms with E-state index in [9.17, 15) is 19.8 Å². The first kappa shape index (κ1) is 19.3. The van der Waals surface area contributed by atoms with Crippen LogP contribution in [0.25, 0.3) is 0 Å². The van der Waals surface area contributed by atoms with Gasteiger partial charge in [-0.15, -0.1) is 0 Å². The molecule has 26 heavy (non-hydrogen) atoms. The minimum atomic E-state index is -0.858. The quantitative estimate of drug-likeness (QED) is 0.716. The van der Waals surface area contributed by atoms with E-state index in [0.29, 0.717) is 5.56 Å². The second-order valence-corrected chi connectivity index (χ2v) is 5.49. The lowest BCUT2D eigenvalue weighted by Gasteiger charge is -2.18. The van der Waals surface area contributed by atoms with Gasteiger partial charge >= 0.3 is 5.97 Å². The molecule has 0 amide bonds. The van der Waals surface area contributed by atoms with Crippen molar-refractivity contribution in [1.29, 1.82) is 0 Å². The zero-order chi connectivity index (χ0) is 19.3. The Morgan fingerprint density at radius 2 is 1.92 bits per heavy atom. The smallest absolute Gasteiger partial charge is 0.306 e. The van der Waals surface area contributed by atoms with E-state index >= 15 is 0 Å². The highest BCUT2D eigenvalue weighted by molar-refractivity contribution is 5.71. The molecule has 8 heteroatoms. The lowest BCUT2D eigenvalue weighted by molar-refractivity contribution is -0.140. The minimum absolute atomic E-state index is 0.0152. The highest BCUT2D eigenvalue weighted by atomic mass is 16.5. The van der Waals surface area contributed by atoms with E-state index < -0.39 is 23.1 Å². The number of esters is 1. The summed E-state index contributed by atoms with van der Waals surface area (Å²) in [5.74, 6) is -1.89. The SMILES string of the molecule is COCc1cc(=O)c(O)c(C(CC(=O)OC)c2ccc(OC)c(O)c2)o1. The summed E-state index contributed by atoms with van der Waals surface area (Å²) in [6, 6.07) is 5.58. The molecule has 2 N–H and O–H groups in total. The van der Waals surface area contributed by atoms with Gasteiger partial charge in [0.1, 0.15) is 12.4 Å². The largest absolute Gasteiger partial charge is 0.504 e. The third-order valence-corrected chi connectivity index (χ3v) is 3.81. The maximum absolute atomic E-state index is 12.0. The first-order chi connectivity index (χ1) is 12.4. The molecule has 1 heterocycles. The molecule has 8 nitrogen and oxygen atoms in total. The molecule has 2 aromatic rings. The molecule has 0 aliphatic carbocycles. The standard InChI is InChI=1S/C18H20O8/c1-23-9-11-7-14(20)17(22)18(26-11)12(8-16(21)25-3)10-4-5-15(24-2)13(19)6-10/h4-7,12,19,22H,8-9H2,1-3H3. The lowest BCUT2D eigenvalue weighted by Crippen LogP contribution is -2.14. The maximum atomic E-state index is 12.0. The van der Waals surface area contributed by atoms with E-state index in [1.165, 1.54) is 33.5 Å². The molecular formula is C18H20O8. The molecule has 1 atom stereocenters. The Hall–Kier alpha value is -3.00. The van der Waals surface area contributed by atoms with Crippen LogP contribution in [-0.4, -0.2) is 37.5 Å². The Balaban J connectivity index is 2.60. The van der Waals surface area contributed by atoms with Crippen molar-refractivity contribution in [1.82, 2.24) is 0 Å². The highest BCUT2D eigenvalue weighted by Crippen LogP contribution is 2.37. The fourth-order valence-electron chi connectivity index (χ4n) is 2.54. The van der Waals surface area contributed by atoms with Gasteiger partial charge < -0.3 is 28.8 Å². The number of phenolic OH excluding ortho intramolecular Hbond substituents is 1. The molecule has 0 aliphatic rings. The van der Waals surface area contributed by atoms with Crippen molar-refractivity contribution in [3.8, 4) is 17.2 Å². The number of ether oxygens (including phenoxy) is 3. The van der Waals surface area contributed by atoms with Gasteiger partial charge in [0.2, 0.25) is 11.2 Å². The van der Waals surface area contributed by atoms with Gasteiger partial charge in [-0.3, -0.25) is 9.59 Å². The van der Waals surface area contributed by atoms with Crippen LogP contribution >= 0.6 is 0 Å². The molecular weight excluding hydrogens is 344 g/mol. The molecule has 0 saturated carbocycles. The normalized spacial score (nSPS) is 11.8. The number of aromatic hydroxyl groups is 2. The minimum Gasteiger partial charge on any atom is -0.504 e. The molecule has 2 rings (SSSR count). The van der Waals surface area contributed by atoms with Crippen LogP contribution in [0.1, 0.15) is 29.4 Å². The van der Waals surface area contributed by atoms with Crippen LogP contribution in [0.3, 0.4) is 0 Å². The Kier molecular flexibility index (Phi) is 6.24. The number of methoxy groups -OCH3 is 3. The summed E-state index contributed by atoms with van der Waals surface area (Å²) in [5.41, 5.74) is -0.229. The number of rotatable bonds is 7. The van der Waals surface area contributed by atoms with Crippen LogP contribution in [0.15, 0.2) is 33.5 Å². The fraction of sp³-hybridized carbons (Fsp3) is 0.333. The number of benzene rings is 1. The third kappa shape index (κ3) is 4.15. The summed E-state index contributed by atoms with van der Waals surface area (Å²) in [6.45, 7) is 0.0152. The van der Waals surface area contributed by atoms with E-state index in [1.807, 2.05) is 0 Å². The van der Waals surface area contributed by atoms with Gasteiger partial charge in [-0.25, -0.2) is 0 Å². The summed E-state index contributed by atoms with van der Waals surface area (Å²) in [6.07, 6.45) is -0.213. The van der Waals surface area contributed by atoms with E-state index in [2.05, 4.69) is 0 Å². The average Bonchev–Trinajstić information content (AvgIpc) is 2.62. The van der Waals surface area contributed by atoms with Crippen molar-refractivity contribution in [2.75, 3.05) is 21.3 Å². The Labute approximate surface area is 149 Å². The number of carbonyl (C=O) groups is 1. The van der Waals surface area contributed by atoms with E-state index in [0.717, 1.165) is 6.07 Å². The van der Waals surface area contributed by atoms with Crippen molar-refractivity contribution in [2.45, 2.75) is 18.9 Å². The molecule has 1 aromatic carbocycles. The topological polar surface area (TPSA) is 115 Å². The fourth-order valence-corrected chi connectivity index (χ4v) is 2.54. The number of carbonyl (C=O) groups excluding carboxylic acids is 1. The van der Waals surface area contributed by atoms with Crippen LogP contribution in [0.4, 0.5) is 0 Å². The van der Waals surface area contributed by atoms with Gasteiger partial charge in [0.25, 0.3) is 0 Å². The molecule has 0 radical (unpaired) electrons. The predicted octanol–water partition coefficient (Wildman–Crippen LogP) is 1.90. The van der Waals surface area contributed by atoms with Gasteiger partial charge in [0.05, 0.1) is 26.6 Å². The molecule has 0 spiro atoms. The average molecular weight is 364 g/mol. The first-order valence-electron chi connectivity index (χ1n) is 7.69. The molecule has 140 valence electrons. The zero-order valence-electron chi connectivity index (χ0n) is 14.6. The summed E-state index contributed by atoms with van der Waals surface area (Å²) >= 11 is 0. The molecule has 0 bridgehead atoms. The van der Waals surface area contributed by atoms with Crippen molar-refractivity contribution in [3.05, 3.63) is 51.6 Å². The van der Waals surface area contributed by atoms with Gasteiger partial charge in [0, 0.05) is 13.2 Å². The Morgan fingerprint density at radius 1 is 1.19 bits per heavy atom. The molecule has 1 aromatic heterocycles. The van der Waals surface area contributed by atoms with Crippen LogP contribution in [0.5, 0.6) is 17.2 Å². The predicted molar refractivity (Wildman–Crippen MR) is 90.5 cm³/mol. The van der Waals surface area contributed by atoms with Crippen molar-refractivity contribution < 1.29 is 33.6 Å². The molecule has 0 fully saturated rings. The van der Waals surface area contributed by atoms with E-state index in [-0.39, 0.29) is 36.0 Å². The van der Waals surface area contributed by atoms with Crippen LogP contribution < -0.4 is 10.2 Å². The molecule has 1 unspecified atom stereocenters. The third-order valence-electron chi connectivity index (χ3n) is 3.81. The van der Waals surface area contributed by atoms with Crippen LogP contribution in [0, 0.1) is 0 Å². The Morgan fingerprint density at radius 3 is 2.50 bits per heavy atom. The van der Waals surface area contributed by atoms with E-state index in [4.69, 9.17) is 18.6 Å². The van der Waals surface area contributed by atoms with Crippen molar-refractivity contribution in [3.63, 3.8) is 0 Å². The maximum Gasteiger partial charge on any atom is 0.306 e. The number of phenols is 1. The first-order valence-corrected chi connectivity index (χ1v) is 7.69. The molecule has 0 aliphatic heterocycles. The zero-order valence-corrected chi connectivity index (χ0v) is 14.6. The van der Waals surface area contributed by atoms with Crippen molar-refractivity contribution in [2.24, 2.45) is 0 Å². The summed E-state index contributed by atoms with van der Waals surface area (Å²) in [5, 5.41) is 20.2. The van der Waals surface area contributed by atoms with Crippen LogP contribution in [0.2, 0.25) is 0 Å². The van der Waals surface area contributed by atoms with Gasteiger partial charge in [-0.2, -0.15) is 0 Å². The second kappa shape index (κ2) is 8.39. The summed E-state index contributed by atoms with van der Waals surface area (Å²) < 4.78 is 20.2. The van der Waals surface area contributed by atoms with Crippen LogP contribution in [-0.2, 0) is 20.9 Å². The van der Waals surface area contributed by atoms with E-state index in [1.54, 1.807) is 6.07 Å². The van der Waals surface area contributed by atoms with Gasteiger partial charge in [-0.05, 0) is 17.7 Å². The lowest BCUT2D eigenvalue weighted by atomic mass is 9.92. The molecule has 0 saturated heterocycles. The van der Waals surface area contributed by atoms with Gasteiger partial charge in [0.15, 0.2) is 17.3 Å².